The van der Waals surface area contributed by atoms with Crippen LogP contribution in [0.3, 0.4) is 0 Å². The quantitative estimate of drug-likeness (QED) is 0.591. The van der Waals surface area contributed by atoms with E-state index in [2.05, 4.69) is 36.1 Å². The first-order valence-electron chi connectivity index (χ1n) is 10.7. The molecule has 1 aliphatic rings. The van der Waals surface area contributed by atoms with Crippen LogP contribution in [0.15, 0.2) is 54.6 Å². The maximum Gasteiger partial charge on any atom is 0.254 e. The zero-order valence-electron chi connectivity index (χ0n) is 18.0. The Labute approximate surface area is 188 Å². The van der Waals surface area contributed by atoms with Crippen molar-refractivity contribution in [1.29, 1.82) is 0 Å². The SMILES string of the molecule is CCc1nc(C)nc(N2CCN(C(=O)c3cccc(Cl)c3)CC2)c1Cc1ccccc1. The van der Waals surface area contributed by atoms with Crippen LogP contribution >= 0.6 is 11.6 Å². The molecule has 1 amide bonds. The van der Waals surface area contributed by atoms with Crippen LogP contribution in [0.5, 0.6) is 0 Å². The molecule has 6 heteroatoms. The first-order valence-corrected chi connectivity index (χ1v) is 11.1. The minimum atomic E-state index is 0.0276. The summed E-state index contributed by atoms with van der Waals surface area (Å²) in [5, 5.41) is 0.582. The number of nitrogens with zero attached hydrogens (tertiary/aromatic N) is 4. The van der Waals surface area contributed by atoms with Crippen molar-refractivity contribution >= 4 is 23.3 Å². The minimum Gasteiger partial charge on any atom is -0.353 e. The van der Waals surface area contributed by atoms with E-state index in [-0.39, 0.29) is 5.91 Å². The van der Waals surface area contributed by atoms with Crippen LogP contribution in [0.4, 0.5) is 5.82 Å². The average Bonchev–Trinajstić information content (AvgIpc) is 2.80. The Kier molecular flexibility index (Phi) is 6.52. The number of piperazine rings is 1. The van der Waals surface area contributed by atoms with Gasteiger partial charge in [-0.1, -0.05) is 54.9 Å². The standard InChI is InChI=1S/C25H27ClN4O/c1-3-23-22(16-19-8-5-4-6-9-19)24(28-18(2)27-23)29-12-14-30(15-13-29)25(31)20-10-7-11-21(26)17-20/h4-11,17H,3,12-16H2,1-2H3. The molecule has 31 heavy (non-hydrogen) atoms. The predicted octanol–water partition coefficient (Wildman–Crippen LogP) is 4.55. The van der Waals surface area contributed by atoms with E-state index in [4.69, 9.17) is 21.6 Å². The normalized spacial score (nSPS) is 14.0. The highest BCUT2D eigenvalue weighted by molar-refractivity contribution is 6.30. The molecule has 0 atom stereocenters. The van der Waals surface area contributed by atoms with Crippen LogP contribution in [0, 0.1) is 6.92 Å². The summed E-state index contributed by atoms with van der Waals surface area (Å²) in [5.74, 6) is 1.82. The molecule has 0 N–H and O–H groups in total. The molecule has 0 aliphatic carbocycles. The van der Waals surface area contributed by atoms with Gasteiger partial charge in [-0.2, -0.15) is 0 Å². The van der Waals surface area contributed by atoms with E-state index in [1.165, 1.54) is 11.1 Å². The molecular weight excluding hydrogens is 408 g/mol. The third-order valence-corrected chi connectivity index (χ3v) is 5.91. The van der Waals surface area contributed by atoms with Crippen LogP contribution in [0.25, 0.3) is 0 Å². The van der Waals surface area contributed by atoms with Crippen molar-refractivity contribution in [2.75, 3.05) is 31.1 Å². The number of carbonyl (C=O) groups is 1. The van der Waals surface area contributed by atoms with E-state index in [1.807, 2.05) is 30.0 Å². The van der Waals surface area contributed by atoms with Gasteiger partial charge in [-0.15, -0.1) is 0 Å². The molecule has 1 aliphatic heterocycles. The number of anilines is 1. The number of hydrogen-bond donors (Lipinski definition) is 0. The van der Waals surface area contributed by atoms with Gasteiger partial charge in [-0.3, -0.25) is 4.79 Å². The Bertz CT molecular complexity index is 1060. The number of aryl methyl sites for hydroxylation is 2. The maximum atomic E-state index is 12.9. The van der Waals surface area contributed by atoms with Crippen molar-refractivity contribution in [1.82, 2.24) is 14.9 Å². The number of carbonyl (C=O) groups excluding carboxylic acids is 1. The minimum absolute atomic E-state index is 0.0276. The molecule has 0 radical (unpaired) electrons. The summed E-state index contributed by atoms with van der Waals surface area (Å²) in [5.41, 5.74) is 4.18. The molecule has 0 bridgehead atoms. The first kappa shape index (κ1) is 21.3. The molecular formula is C25H27ClN4O. The summed E-state index contributed by atoms with van der Waals surface area (Å²) in [6.07, 6.45) is 1.67. The van der Waals surface area contributed by atoms with Crippen molar-refractivity contribution in [3.8, 4) is 0 Å². The van der Waals surface area contributed by atoms with Crippen LogP contribution in [-0.4, -0.2) is 47.0 Å². The zero-order chi connectivity index (χ0) is 21.8. The van der Waals surface area contributed by atoms with Crippen molar-refractivity contribution in [2.45, 2.75) is 26.7 Å². The Morgan fingerprint density at radius 3 is 2.42 bits per heavy atom. The lowest BCUT2D eigenvalue weighted by atomic mass is 10.0. The smallest absolute Gasteiger partial charge is 0.254 e. The fourth-order valence-electron chi connectivity index (χ4n) is 4.10. The van der Waals surface area contributed by atoms with Crippen molar-refractivity contribution in [3.63, 3.8) is 0 Å². The maximum absolute atomic E-state index is 12.9. The monoisotopic (exact) mass is 434 g/mol. The highest BCUT2D eigenvalue weighted by Gasteiger charge is 2.25. The van der Waals surface area contributed by atoms with E-state index < -0.39 is 0 Å². The van der Waals surface area contributed by atoms with E-state index in [0.717, 1.165) is 43.3 Å². The second-order valence-electron chi connectivity index (χ2n) is 7.83. The molecule has 1 aromatic heterocycles. The van der Waals surface area contributed by atoms with Crippen molar-refractivity contribution < 1.29 is 4.79 Å². The molecule has 4 rings (SSSR count). The number of amides is 1. The highest BCUT2D eigenvalue weighted by atomic mass is 35.5. The molecule has 3 aromatic rings. The number of halogens is 1. The zero-order valence-corrected chi connectivity index (χ0v) is 18.8. The number of rotatable bonds is 5. The highest BCUT2D eigenvalue weighted by Crippen LogP contribution is 2.26. The number of hydrogen-bond acceptors (Lipinski definition) is 4. The second-order valence-corrected chi connectivity index (χ2v) is 8.26. The van der Waals surface area contributed by atoms with Crippen LogP contribution in [0.1, 0.15) is 39.9 Å². The molecule has 0 unspecified atom stereocenters. The van der Waals surface area contributed by atoms with Gasteiger partial charge in [0.15, 0.2) is 0 Å². The fourth-order valence-corrected chi connectivity index (χ4v) is 4.29. The summed E-state index contributed by atoms with van der Waals surface area (Å²) in [6, 6.07) is 17.6. The molecule has 2 aromatic carbocycles. The second kappa shape index (κ2) is 9.48. The lowest BCUT2D eigenvalue weighted by Gasteiger charge is -2.36. The Balaban J connectivity index is 1.55. The fraction of sp³-hybridized carbons (Fsp3) is 0.320. The number of aromatic nitrogens is 2. The first-order chi connectivity index (χ1) is 15.0. The molecule has 2 heterocycles. The average molecular weight is 435 g/mol. The van der Waals surface area contributed by atoms with E-state index in [1.54, 1.807) is 12.1 Å². The lowest BCUT2D eigenvalue weighted by molar-refractivity contribution is 0.0746. The Morgan fingerprint density at radius 1 is 1.00 bits per heavy atom. The summed E-state index contributed by atoms with van der Waals surface area (Å²) in [7, 11) is 0. The van der Waals surface area contributed by atoms with Crippen LogP contribution in [0.2, 0.25) is 5.02 Å². The van der Waals surface area contributed by atoms with Gasteiger partial charge in [0, 0.05) is 54.4 Å². The van der Waals surface area contributed by atoms with Gasteiger partial charge >= 0.3 is 0 Å². The van der Waals surface area contributed by atoms with E-state index in [9.17, 15) is 4.79 Å². The van der Waals surface area contributed by atoms with Gasteiger partial charge in [0.1, 0.15) is 11.6 Å². The van der Waals surface area contributed by atoms with E-state index in [0.29, 0.717) is 23.7 Å². The van der Waals surface area contributed by atoms with Crippen molar-refractivity contribution in [3.05, 3.63) is 87.8 Å². The molecule has 5 nitrogen and oxygen atoms in total. The van der Waals surface area contributed by atoms with Gasteiger partial charge in [-0.05, 0) is 37.1 Å². The molecule has 160 valence electrons. The Morgan fingerprint density at radius 2 is 1.74 bits per heavy atom. The van der Waals surface area contributed by atoms with Gasteiger partial charge < -0.3 is 9.80 Å². The Hall–Kier alpha value is -2.92. The molecule has 0 saturated carbocycles. The number of benzene rings is 2. The third-order valence-electron chi connectivity index (χ3n) is 5.68. The molecule has 0 spiro atoms. The lowest BCUT2D eigenvalue weighted by Crippen LogP contribution is -2.49. The molecule has 1 saturated heterocycles. The van der Waals surface area contributed by atoms with Crippen LogP contribution < -0.4 is 4.90 Å². The van der Waals surface area contributed by atoms with Gasteiger partial charge in [-0.25, -0.2) is 9.97 Å². The summed E-state index contributed by atoms with van der Waals surface area (Å²) >= 11 is 6.07. The van der Waals surface area contributed by atoms with Gasteiger partial charge in [0.2, 0.25) is 0 Å². The summed E-state index contributed by atoms with van der Waals surface area (Å²) in [6.45, 7) is 6.89. The van der Waals surface area contributed by atoms with Crippen molar-refractivity contribution in [2.24, 2.45) is 0 Å². The summed E-state index contributed by atoms with van der Waals surface area (Å²) < 4.78 is 0. The molecule has 1 fully saturated rings. The van der Waals surface area contributed by atoms with Gasteiger partial charge in [0.05, 0.1) is 0 Å². The van der Waals surface area contributed by atoms with E-state index >= 15 is 0 Å². The predicted molar refractivity (Wildman–Crippen MR) is 125 cm³/mol. The summed E-state index contributed by atoms with van der Waals surface area (Å²) in [4.78, 5) is 26.6. The largest absolute Gasteiger partial charge is 0.353 e. The third kappa shape index (κ3) is 4.88. The van der Waals surface area contributed by atoms with Gasteiger partial charge in [0.25, 0.3) is 5.91 Å². The van der Waals surface area contributed by atoms with Crippen LogP contribution in [-0.2, 0) is 12.8 Å². The topological polar surface area (TPSA) is 49.3 Å².